The molecule has 11 heterocycles. The van der Waals surface area contributed by atoms with Crippen LogP contribution in [0.4, 0.5) is 0 Å². The zero-order valence-corrected chi connectivity index (χ0v) is 42.0. The normalized spacial score (nSPS) is 51.2. The Hall–Kier alpha value is -1.49. The Balaban J connectivity index is 0.741. The van der Waals surface area contributed by atoms with Crippen molar-refractivity contribution in [3.05, 3.63) is 11.3 Å². The van der Waals surface area contributed by atoms with Gasteiger partial charge in [0.1, 0.15) is 24.4 Å². The molecule has 10 saturated heterocycles. The van der Waals surface area contributed by atoms with Crippen LogP contribution in [0.5, 0.6) is 0 Å². The molecule has 21 nitrogen and oxygen atoms in total. The van der Waals surface area contributed by atoms with Crippen molar-refractivity contribution in [3.63, 3.8) is 0 Å². The number of carbonyl (C=O) groups excluding carboxylic acids is 1. The molecular weight excluding hydrogens is 965 g/mol. The van der Waals surface area contributed by atoms with Crippen LogP contribution in [0.1, 0.15) is 125 Å². The Morgan fingerprint density at radius 2 is 1.13 bits per heavy atom. The highest BCUT2D eigenvalue weighted by Crippen LogP contribution is 2.52. The third kappa shape index (κ3) is 9.82. The molecule has 11 rings (SSSR count). The number of allylic oxidation sites excluding steroid dienone is 1. The average molecular weight is 1040 g/mol. The third-order valence-corrected chi connectivity index (χ3v) is 18.7. The van der Waals surface area contributed by atoms with Crippen LogP contribution in [-0.4, -0.2) is 183 Å². The van der Waals surface area contributed by atoms with Crippen LogP contribution in [0.2, 0.25) is 0 Å². The van der Waals surface area contributed by atoms with Crippen LogP contribution >= 0.6 is 0 Å². The van der Waals surface area contributed by atoms with Gasteiger partial charge in [0.2, 0.25) is 0 Å². The molecule has 0 aromatic carbocycles. The summed E-state index contributed by atoms with van der Waals surface area (Å²) in [5, 5.41) is 11.8. The van der Waals surface area contributed by atoms with Crippen LogP contribution in [0, 0.1) is 5.92 Å². The van der Waals surface area contributed by atoms with Crippen LogP contribution in [0.15, 0.2) is 11.3 Å². The first kappa shape index (κ1) is 50.7. The molecule has 0 radical (unpaired) electrons. The summed E-state index contributed by atoms with van der Waals surface area (Å²) >= 11 is 0. The van der Waals surface area contributed by atoms with Crippen molar-refractivity contribution < 1.29 is 96.3 Å². The molecule has 10 fully saturated rings. The molecular formula is C47H70O21S2. The fourth-order valence-corrected chi connectivity index (χ4v) is 14.9. The number of ether oxygens (including phenoxy) is 11. The molecule has 0 saturated carbocycles. The first-order valence-corrected chi connectivity index (χ1v) is 28.2. The molecule has 11 aliphatic rings. The lowest BCUT2D eigenvalue weighted by Crippen LogP contribution is -2.68. The summed E-state index contributed by atoms with van der Waals surface area (Å²) in [7, 11) is -9.54. The van der Waals surface area contributed by atoms with Gasteiger partial charge in [0, 0.05) is 51.9 Å². The van der Waals surface area contributed by atoms with E-state index in [1.165, 1.54) is 6.92 Å². The number of hydrogen-bond acceptors (Lipinski definition) is 19. The van der Waals surface area contributed by atoms with Gasteiger partial charge >= 0.3 is 20.8 Å². The summed E-state index contributed by atoms with van der Waals surface area (Å²) in [6.07, 6.45) is 0.424. The van der Waals surface area contributed by atoms with Crippen LogP contribution in [-0.2, 0) is 86.1 Å². The first-order chi connectivity index (χ1) is 33.0. The number of hydrogen-bond donors (Lipinski definition) is 3. The second-order valence-electron chi connectivity index (χ2n) is 22.7. The van der Waals surface area contributed by atoms with Crippen molar-refractivity contribution in [1.82, 2.24) is 0 Å². The Kier molecular flexibility index (Phi) is 13.5. The van der Waals surface area contributed by atoms with Crippen molar-refractivity contribution in [3.8, 4) is 0 Å². The van der Waals surface area contributed by atoms with E-state index in [4.69, 9.17) is 60.8 Å². The highest BCUT2D eigenvalue weighted by Gasteiger charge is 2.61. The second-order valence-corrected chi connectivity index (χ2v) is 24.9. The van der Waals surface area contributed by atoms with E-state index in [0.717, 1.165) is 37.7 Å². The van der Waals surface area contributed by atoms with Crippen molar-refractivity contribution in [2.45, 2.75) is 257 Å². The van der Waals surface area contributed by atoms with Gasteiger partial charge in [0.25, 0.3) is 0 Å². The van der Waals surface area contributed by atoms with E-state index in [-0.39, 0.29) is 85.5 Å². The third-order valence-electron chi connectivity index (χ3n) is 17.8. The van der Waals surface area contributed by atoms with Gasteiger partial charge in [-0.2, -0.15) is 16.8 Å². The van der Waals surface area contributed by atoms with Crippen LogP contribution in [0.25, 0.3) is 0 Å². The number of ketones is 1. The van der Waals surface area contributed by atoms with Gasteiger partial charge in [-0.3, -0.25) is 13.9 Å². The van der Waals surface area contributed by atoms with Gasteiger partial charge in [-0.25, -0.2) is 8.37 Å². The van der Waals surface area contributed by atoms with Crippen molar-refractivity contribution >= 4 is 26.6 Å². The van der Waals surface area contributed by atoms with Gasteiger partial charge in [-0.15, -0.1) is 0 Å². The van der Waals surface area contributed by atoms with Gasteiger partial charge in [0.15, 0.2) is 11.5 Å². The maximum absolute atomic E-state index is 12.3. The van der Waals surface area contributed by atoms with Crippen LogP contribution < -0.4 is 0 Å². The standard InChI is InChI=1S/C47H70O21S2/c1-22-13-27-35(65-42(22)23(2)48)19-38-44(66-27)41(49)43-37(61-38)18-30-25(64-43)7-6-10-45(3)39(63-30)20-40-46(4,68-45)11-8-26-29(62-40)15-32-31(58-26)16-33-34(60-32)17-36-28(59-33)14-24(9-12-56-69(50,51)52)47(5,67-36)21-57-70(53,54)55/h24-41,43-44,49H,6-21H2,1-5H3,(H,50,51,52)(H,53,54,55). The minimum absolute atomic E-state index is 0.0590. The molecule has 23 heteroatoms. The maximum Gasteiger partial charge on any atom is 0.397 e. The molecule has 0 aromatic rings. The largest absolute Gasteiger partial charge is 0.484 e. The fourth-order valence-electron chi connectivity index (χ4n) is 14.3. The molecule has 0 aliphatic carbocycles. The molecule has 23 atom stereocenters. The molecule has 70 heavy (non-hydrogen) atoms. The number of rotatable bonds is 8. The molecule has 11 aliphatic heterocycles. The van der Waals surface area contributed by atoms with E-state index >= 15 is 0 Å². The van der Waals surface area contributed by atoms with Crippen molar-refractivity contribution in [2.24, 2.45) is 5.92 Å². The van der Waals surface area contributed by atoms with Crippen LogP contribution in [0.3, 0.4) is 0 Å². The maximum atomic E-state index is 12.3. The van der Waals surface area contributed by atoms with E-state index < -0.39 is 99.5 Å². The summed E-state index contributed by atoms with van der Waals surface area (Å²) in [5.41, 5.74) is -1.66. The number of aliphatic hydroxyl groups excluding tert-OH is 1. The first-order valence-electron chi connectivity index (χ1n) is 25.4. The molecule has 0 bridgehead atoms. The monoisotopic (exact) mass is 1030 g/mol. The SMILES string of the molecule is CC(=O)C1=C(C)CC2OC3C(CC2O1)OC1CC2OC4CC5OC6CC7OC8CC9OC(C)(COS(=O)(=O)O)C(CCOS(=O)(=O)O)CC9OC8CC7OC6CCC5(C)OC4(C)CCCC2OC1C3O. The van der Waals surface area contributed by atoms with Gasteiger partial charge < -0.3 is 57.2 Å². The summed E-state index contributed by atoms with van der Waals surface area (Å²) < 4.78 is 148. The molecule has 0 amide bonds. The Morgan fingerprint density at radius 1 is 0.614 bits per heavy atom. The Labute approximate surface area is 409 Å². The summed E-state index contributed by atoms with van der Waals surface area (Å²) in [4.78, 5) is 12.3. The topological polar surface area (TPSA) is 266 Å². The molecule has 23 unspecified atom stereocenters. The van der Waals surface area contributed by atoms with Gasteiger partial charge in [0.05, 0.1) is 122 Å². The number of aliphatic hydroxyl groups is 1. The lowest BCUT2D eigenvalue weighted by Gasteiger charge is -2.57. The predicted molar refractivity (Wildman–Crippen MR) is 238 cm³/mol. The van der Waals surface area contributed by atoms with Gasteiger partial charge in [-0.1, -0.05) is 0 Å². The zero-order valence-electron chi connectivity index (χ0n) is 40.4. The number of carbonyl (C=O) groups is 1. The highest BCUT2D eigenvalue weighted by molar-refractivity contribution is 7.81. The van der Waals surface area contributed by atoms with E-state index in [2.05, 4.69) is 18.0 Å². The molecule has 3 N–H and O–H groups in total. The summed E-state index contributed by atoms with van der Waals surface area (Å²) in [6.45, 7) is 8.39. The molecule has 0 aromatic heterocycles. The average Bonchev–Trinajstić information content (AvgIpc) is 3.40. The summed E-state index contributed by atoms with van der Waals surface area (Å²) in [6, 6.07) is 0. The quantitative estimate of drug-likeness (QED) is 0.295. The predicted octanol–water partition coefficient (Wildman–Crippen LogP) is 3.17. The number of Topliss-reactive ketones (excluding diaryl/α,β-unsaturated/α-hetero) is 1. The fraction of sp³-hybridized carbons (Fsp3) is 0.936. The molecule has 0 spiro atoms. The van der Waals surface area contributed by atoms with Gasteiger partial charge in [-0.05, 0) is 84.1 Å². The zero-order chi connectivity index (χ0) is 49.3. The lowest BCUT2D eigenvalue weighted by atomic mass is 9.76. The lowest BCUT2D eigenvalue weighted by molar-refractivity contribution is -0.341. The molecule has 396 valence electrons. The van der Waals surface area contributed by atoms with E-state index in [1.807, 2.05) is 6.92 Å². The van der Waals surface area contributed by atoms with E-state index in [0.29, 0.717) is 57.1 Å². The Bertz CT molecular complexity index is 2250. The van der Waals surface area contributed by atoms with Crippen molar-refractivity contribution in [1.29, 1.82) is 0 Å². The highest BCUT2D eigenvalue weighted by atomic mass is 32.3. The van der Waals surface area contributed by atoms with Crippen molar-refractivity contribution in [2.75, 3.05) is 13.2 Å². The van der Waals surface area contributed by atoms with E-state index in [1.54, 1.807) is 6.92 Å². The minimum Gasteiger partial charge on any atom is -0.484 e. The number of fused-ring (bicyclic) bond motifs is 10. The smallest absolute Gasteiger partial charge is 0.397 e. The minimum atomic E-state index is -4.82. The van der Waals surface area contributed by atoms with E-state index in [9.17, 15) is 31.3 Å². The Morgan fingerprint density at radius 3 is 1.76 bits per heavy atom. The second kappa shape index (κ2) is 18.7. The summed E-state index contributed by atoms with van der Waals surface area (Å²) in [5.74, 6) is -0.256.